The standard InChI is InChI=1S/C12H23N.Li.H/c1-3-5-7-8-9-11-12(13)10-6-4-2;;/h4,6,13H,3,5,7-11H2,1-2H3;;/q;+1;-1. The Balaban J connectivity index is -0.000000720. The molecule has 0 radical (unpaired) electrons. The quantitative estimate of drug-likeness (QED) is 0.259. The molecule has 0 aromatic rings. The SMILES string of the molecule is CC=CCC(=N)CCCCCCC.[H-].[Li+]. The number of nitrogens with one attached hydrogen (secondary N) is 1. The zero-order valence-corrected chi connectivity index (χ0v) is 10.1. The number of hydrogen-bond acceptors (Lipinski definition) is 1. The van der Waals surface area contributed by atoms with Crippen molar-refractivity contribution in [3.63, 3.8) is 0 Å². The maximum atomic E-state index is 7.62. The fourth-order valence-electron chi connectivity index (χ4n) is 1.30. The average molecular weight is 189 g/mol. The largest absolute Gasteiger partial charge is 1.00 e. The zero-order valence-electron chi connectivity index (χ0n) is 11.1. The van der Waals surface area contributed by atoms with Crippen LogP contribution in [0.5, 0.6) is 0 Å². The first-order valence-electron chi connectivity index (χ1n) is 5.48. The Morgan fingerprint density at radius 2 is 1.86 bits per heavy atom. The van der Waals surface area contributed by atoms with Crippen LogP contribution < -0.4 is 18.9 Å². The minimum atomic E-state index is 0. The summed E-state index contributed by atoms with van der Waals surface area (Å²) in [4.78, 5) is 0. The molecule has 78 valence electrons. The minimum Gasteiger partial charge on any atom is -1.00 e. The van der Waals surface area contributed by atoms with Gasteiger partial charge in [-0.15, -0.1) is 0 Å². The molecular formula is C12H24LiN. The molecule has 0 unspecified atom stereocenters. The second-order valence-electron chi connectivity index (χ2n) is 3.54. The van der Waals surface area contributed by atoms with Gasteiger partial charge in [0.2, 0.25) is 0 Å². The van der Waals surface area contributed by atoms with Crippen LogP contribution in [0.1, 0.15) is 60.2 Å². The molecule has 0 rings (SSSR count). The predicted molar refractivity (Wildman–Crippen MR) is 61.6 cm³/mol. The van der Waals surface area contributed by atoms with Crippen LogP contribution in [-0.4, -0.2) is 5.71 Å². The second-order valence-corrected chi connectivity index (χ2v) is 3.54. The van der Waals surface area contributed by atoms with Gasteiger partial charge in [-0.2, -0.15) is 0 Å². The van der Waals surface area contributed by atoms with Crippen LogP contribution >= 0.6 is 0 Å². The summed E-state index contributed by atoms with van der Waals surface area (Å²) in [5.74, 6) is 0. The van der Waals surface area contributed by atoms with Crippen molar-refractivity contribution >= 4 is 5.71 Å². The van der Waals surface area contributed by atoms with E-state index in [2.05, 4.69) is 13.0 Å². The molecule has 1 N–H and O–H groups in total. The van der Waals surface area contributed by atoms with E-state index < -0.39 is 0 Å². The predicted octanol–water partition coefficient (Wildman–Crippen LogP) is 1.45. The van der Waals surface area contributed by atoms with Gasteiger partial charge >= 0.3 is 18.9 Å². The molecule has 0 aromatic carbocycles. The van der Waals surface area contributed by atoms with Crippen molar-refractivity contribution in [2.24, 2.45) is 0 Å². The van der Waals surface area contributed by atoms with E-state index in [1.165, 1.54) is 32.1 Å². The average Bonchev–Trinajstić information content (AvgIpc) is 2.14. The van der Waals surface area contributed by atoms with Gasteiger partial charge in [0.15, 0.2) is 0 Å². The van der Waals surface area contributed by atoms with Crippen LogP contribution in [0.25, 0.3) is 0 Å². The molecule has 1 nitrogen and oxygen atoms in total. The molecule has 2 heteroatoms. The van der Waals surface area contributed by atoms with Crippen LogP contribution in [0.3, 0.4) is 0 Å². The van der Waals surface area contributed by atoms with Crippen LogP contribution in [0.4, 0.5) is 0 Å². The third-order valence-electron chi connectivity index (χ3n) is 2.18. The molecule has 14 heavy (non-hydrogen) atoms. The van der Waals surface area contributed by atoms with Crippen LogP contribution in [0, 0.1) is 5.41 Å². The maximum Gasteiger partial charge on any atom is 1.00 e. The van der Waals surface area contributed by atoms with Crippen LogP contribution in [0.15, 0.2) is 12.2 Å². The van der Waals surface area contributed by atoms with Crippen molar-refractivity contribution in [2.45, 2.75) is 58.8 Å². The van der Waals surface area contributed by atoms with Crippen molar-refractivity contribution in [3.05, 3.63) is 12.2 Å². The van der Waals surface area contributed by atoms with Gasteiger partial charge in [-0.1, -0.05) is 44.8 Å². The van der Waals surface area contributed by atoms with E-state index in [1.54, 1.807) is 0 Å². The van der Waals surface area contributed by atoms with E-state index in [0.717, 1.165) is 18.6 Å². The molecule has 0 spiro atoms. The van der Waals surface area contributed by atoms with E-state index in [1.807, 2.05) is 13.0 Å². The van der Waals surface area contributed by atoms with Gasteiger partial charge in [-0.25, -0.2) is 0 Å². The summed E-state index contributed by atoms with van der Waals surface area (Å²) in [6, 6.07) is 0. The molecule has 0 aliphatic heterocycles. The van der Waals surface area contributed by atoms with Crippen molar-refractivity contribution < 1.29 is 20.3 Å². The monoisotopic (exact) mass is 189 g/mol. The fourth-order valence-corrected chi connectivity index (χ4v) is 1.30. The van der Waals surface area contributed by atoms with Gasteiger partial charge in [0.05, 0.1) is 0 Å². The molecule has 0 saturated carbocycles. The van der Waals surface area contributed by atoms with Gasteiger partial charge in [0, 0.05) is 12.1 Å². The van der Waals surface area contributed by atoms with Crippen molar-refractivity contribution in [3.8, 4) is 0 Å². The Morgan fingerprint density at radius 1 is 1.21 bits per heavy atom. The maximum absolute atomic E-state index is 7.62. The minimum absolute atomic E-state index is 0. The first-order chi connectivity index (χ1) is 6.31. The molecule has 0 bridgehead atoms. The Labute approximate surface area is 103 Å². The summed E-state index contributed by atoms with van der Waals surface area (Å²) >= 11 is 0. The second kappa shape index (κ2) is 13.0. The van der Waals surface area contributed by atoms with E-state index >= 15 is 0 Å². The van der Waals surface area contributed by atoms with Crippen molar-refractivity contribution in [2.75, 3.05) is 0 Å². The smallest absolute Gasteiger partial charge is 1.00 e. The molecule has 0 amide bonds. The molecule has 0 fully saturated rings. The number of hydrogen-bond donors (Lipinski definition) is 1. The fraction of sp³-hybridized carbons (Fsp3) is 0.750. The third-order valence-corrected chi connectivity index (χ3v) is 2.18. The molecule has 0 aliphatic rings. The summed E-state index contributed by atoms with van der Waals surface area (Å²) in [5, 5.41) is 7.62. The van der Waals surface area contributed by atoms with Crippen molar-refractivity contribution in [1.82, 2.24) is 0 Å². The summed E-state index contributed by atoms with van der Waals surface area (Å²) in [6.07, 6.45) is 12.4. The summed E-state index contributed by atoms with van der Waals surface area (Å²) in [5.41, 5.74) is 0.884. The Kier molecular flexibility index (Phi) is 15.3. The topological polar surface area (TPSA) is 23.9 Å². The number of unbranched alkanes of at least 4 members (excludes halogenated alkanes) is 4. The van der Waals surface area contributed by atoms with E-state index in [4.69, 9.17) is 5.41 Å². The summed E-state index contributed by atoms with van der Waals surface area (Å²) in [7, 11) is 0. The number of allylic oxidation sites excluding steroid dienone is 2. The first kappa shape index (κ1) is 16.4. The normalized spacial score (nSPS) is 10.1. The van der Waals surface area contributed by atoms with Gasteiger partial charge in [-0.05, 0) is 19.8 Å². The van der Waals surface area contributed by atoms with Gasteiger partial charge in [0.25, 0.3) is 0 Å². The molecule has 0 heterocycles. The molecule has 0 saturated heterocycles. The van der Waals surface area contributed by atoms with E-state index in [0.29, 0.717) is 0 Å². The zero-order chi connectivity index (χ0) is 9.94. The van der Waals surface area contributed by atoms with E-state index in [-0.39, 0.29) is 20.3 Å². The van der Waals surface area contributed by atoms with E-state index in [9.17, 15) is 0 Å². The van der Waals surface area contributed by atoms with Gasteiger partial charge in [-0.3, -0.25) is 0 Å². The number of rotatable bonds is 8. The summed E-state index contributed by atoms with van der Waals surface area (Å²) in [6.45, 7) is 4.24. The van der Waals surface area contributed by atoms with Gasteiger partial charge in [0.1, 0.15) is 0 Å². The Bertz CT molecular complexity index is 158. The molecular weight excluding hydrogens is 165 g/mol. The van der Waals surface area contributed by atoms with Crippen LogP contribution in [-0.2, 0) is 0 Å². The first-order valence-corrected chi connectivity index (χ1v) is 5.48. The molecule has 0 atom stereocenters. The van der Waals surface area contributed by atoms with Crippen LogP contribution in [0.2, 0.25) is 0 Å². The Morgan fingerprint density at radius 3 is 2.43 bits per heavy atom. The van der Waals surface area contributed by atoms with Crippen molar-refractivity contribution in [1.29, 1.82) is 5.41 Å². The third kappa shape index (κ3) is 12.0. The van der Waals surface area contributed by atoms with Gasteiger partial charge < -0.3 is 6.84 Å². The Hall–Kier alpha value is 0.00740. The molecule has 0 aliphatic carbocycles. The summed E-state index contributed by atoms with van der Waals surface area (Å²) < 4.78 is 0. The molecule has 0 aromatic heterocycles.